The average Bonchev–Trinajstić information content (AvgIpc) is 3.41. The second kappa shape index (κ2) is 8.31. The second-order valence-electron chi connectivity index (χ2n) is 7.44. The monoisotopic (exact) mass is 401 g/mol. The molecule has 1 saturated carbocycles. The zero-order chi connectivity index (χ0) is 20.3. The predicted molar refractivity (Wildman–Crippen MR) is 112 cm³/mol. The number of hydrogen-bond donors (Lipinski definition) is 0. The van der Waals surface area contributed by atoms with Crippen molar-refractivity contribution in [3.63, 3.8) is 0 Å². The number of nitrogens with zero attached hydrogens (tertiary/aromatic N) is 3. The van der Waals surface area contributed by atoms with Gasteiger partial charge in [0.1, 0.15) is 17.9 Å². The lowest BCUT2D eigenvalue weighted by Crippen LogP contribution is -2.31. The van der Waals surface area contributed by atoms with Crippen molar-refractivity contribution in [1.82, 2.24) is 4.98 Å². The number of benzene rings is 1. The molecule has 6 nitrogen and oxygen atoms in total. The maximum atomic E-state index is 12.3. The Morgan fingerprint density at radius 1 is 1.18 bits per heavy atom. The van der Waals surface area contributed by atoms with Crippen molar-refractivity contribution in [3.05, 3.63) is 53.6 Å². The van der Waals surface area contributed by atoms with Gasteiger partial charge in [-0.1, -0.05) is 37.3 Å². The van der Waals surface area contributed by atoms with Crippen molar-refractivity contribution in [2.24, 2.45) is 11.8 Å². The van der Waals surface area contributed by atoms with Gasteiger partial charge < -0.3 is 4.90 Å². The van der Waals surface area contributed by atoms with Crippen LogP contribution in [0.2, 0.25) is 0 Å². The summed E-state index contributed by atoms with van der Waals surface area (Å²) in [6.07, 6.45) is 1.91. The highest BCUT2D eigenvalue weighted by molar-refractivity contribution is 7.92. The zero-order valence-electron chi connectivity index (χ0n) is 16.6. The third-order valence-electron chi connectivity index (χ3n) is 5.33. The number of anilines is 2. The Hall–Kier alpha value is -2.41. The van der Waals surface area contributed by atoms with Gasteiger partial charge in [0, 0.05) is 25.7 Å². The minimum Gasteiger partial charge on any atom is -0.352 e. The van der Waals surface area contributed by atoms with Crippen molar-refractivity contribution < 1.29 is 13.2 Å². The van der Waals surface area contributed by atoms with Gasteiger partial charge in [-0.2, -0.15) is 0 Å². The number of pyridine rings is 1. The standard InChI is InChI=1S/C21H27N3O3S/c1-4-28(26,27)23(3)20-11-18(15-25)12-21(22-20)24(14-19-10-16(19)2)13-17-8-6-5-7-9-17/h5-9,11-12,15-16,19H,4,10,13-14H2,1-3H3. The smallest absolute Gasteiger partial charge is 0.235 e. The van der Waals surface area contributed by atoms with Gasteiger partial charge in [0.15, 0.2) is 0 Å². The van der Waals surface area contributed by atoms with E-state index in [1.807, 2.05) is 18.2 Å². The molecule has 0 aliphatic heterocycles. The molecule has 0 saturated heterocycles. The van der Waals surface area contributed by atoms with Gasteiger partial charge in [0.2, 0.25) is 10.0 Å². The molecule has 0 radical (unpaired) electrons. The quantitative estimate of drug-likeness (QED) is 0.603. The lowest BCUT2D eigenvalue weighted by molar-refractivity contribution is 0.112. The largest absolute Gasteiger partial charge is 0.352 e. The average molecular weight is 402 g/mol. The summed E-state index contributed by atoms with van der Waals surface area (Å²) in [6, 6.07) is 13.3. The molecule has 0 spiro atoms. The Morgan fingerprint density at radius 3 is 2.39 bits per heavy atom. The lowest BCUT2D eigenvalue weighted by atomic mass is 10.2. The van der Waals surface area contributed by atoms with Gasteiger partial charge >= 0.3 is 0 Å². The van der Waals surface area contributed by atoms with Crippen molar-refractivity contribution in [2.75, 3.05) is 28.6 Å². The molecule has 0 N–H and O–H groups in total. The normalized spacial score (nSPS) is 18.5. The third kappa shape index (κ3) is 4.70. The highest BCUT2D eigenvalue weighted by Gasteiger charge is 2.34. The molecule has 1 aromatic carbocycles. The molecule has 7 heteroatoms. The van der Waals surface area contributed by atoms with Crippen LogP contribution in [0.15, 0.2) is 42.5 Å². The summed E-state index contributed by atoms with van der Waals surface area (Å²) < 4.78 is 25.7. The van der Waals surface area contributed by atoms with Crippen LogP contribution in [0.3, 0.4) is 0 Å². The summed E-state index contributed by atoms with van der Waals surface area (Å²) in [7, 11) is -1.98. The fraction of sp³-hybridized carbons (Fsp3) is 0.429. The number of aldehydes is 1. The molecule has 150 valence electrons. The van der Waals surface area contributed by atoms with Gasteiger partial charge in [-0.3, -0.25) is 9.10 Å². The van der Waals surface area contributed by atoms with Crippen LogP contribution in [0.1, 0.15) is 36.2 Å². The van der Waals surface area contributed by atoms with E-state index >= 15 is 0 Å². The van der Waals surface area contributed by atoms with Crippen LogP contribution in [-0.2, 0) is 16.6 Å². The molecule has 3 rings (SSSR count). The van der Waals surface area contributed by atoms with Gasteiger partial charge in [-0.05, 0) is 42.9 Å². The van der Waals surface area contributed by atoms with Crippen LogP contribution < -0.4 is 9.21 Å². The first kappa shape index (κ1) is 20.3. The molecule has 1 aliphatic carbocycles. The summed E-state index contributed by atoms with van der Waals surface area (Å²) in [5.74, 6) is 2.13. The topological polar surface area (TPSA) is 70.6 Å². The van der Waals surface area contributed by atoms with E-state index in [1.165, 1.54) is 19.5 Å². The molecule has 28 heavy (non-hydrogen) atoms. The number of aromatic nitrogens is 1. The fourth-order valence-electron chi connectivity index (χ4n) is 3.23. The molecule has 2 aromatic rings. The fourth-order valence-corrected chi connectivity index (χ4v) is 3.99. The summed E-state index contributed by atoms with van der Waals surface area (Å²) in [4.78, 5) is 18.3. The van der Waals surface area contributed by atoms with E-state index in [9.17, 15) is 13.2 Å². The first-order valence-electron chi connectivity index (χ1n) is 9.56. The van der Waals surface area contributed by atoms with Crippen LogP contribution >= 0.6 is 0 Å². The number of hydrogen-bond acceptors (Lipinski definition) is 5. The zero-order valence-corrected chi connectivity index (χ0v) is 17.4. The molecule has 2 unspecified atom stereocenters. The van der Waals surface area contributed by atoms with Gasteiger partial charge in [-0.15, -0.1) is 0 Å². The minimum atomic E-state index is -3.46. The van der Waals surface area contributed by atoms with Crippen molar-refractivity contribution in [3.8, 4) is 0 Å². The molecular formula is C21H27N3O3S. The van der Waals surface area contributed by atoms with Crippen molar-refractivity contribution >= 4 is 27.9 Å². The molecule has 2 atom stereocenters. The second-order valence-corrected chi connectivity index (χ2v) is 9.73. The van der Waals surface area contributed by atoms with E-state index < -0.39 is 10.0 Å². The predicted octanol–water partition coefficient (Wildman–Crippen LogP) is 3.34. The number of carbonyl (C=O) groups excluding carboxylic acids is 1. The molecular weight excluding hydrogens is 374 g/mol. The van der Waals surface area contributed by atoms with E-state index in [2.05, 4.69) is 28.9 Å². The van der Waals surface area contributed by atoms with Crippen LogP contribution in [-0.4, -0.2) is 39.0 Å². The highest BCUT2D eigenvalue weighted by atomic mass is 32.2. The molecule has 1 aliphatic rings. The summed E-state index contributed by atoms with van der Waals surface area (Å²) in [5.41, 5.74) is 1.56. The first-order chi connectivity index (χ1) is 13.3. The highest BCUT2D eigenvalue weighted by Crippen LogP contribution is 2.39. The number of sulfonamides is 1. The van der Waals surface area contributed by atoms with Crippen LogP contribution in [0.25, 0.3) is 0 Å². The number of carbonyl (C=O) groups is 1. The third-order valence-corrected chi connectivity index (χ3v) is 7.08. The SMILES string of the molecule is CCS(=O)(=O)N(C)c1cc(C=O)cc(N(Cc2ccccc2)CC2CC2C)n1. The summed E-state index contributed by atoms with van der Waals surface area (Å²) in [6.45, 7) is 5.30. The van der Waals surface area contributed by atoms with Gasteiger partial charge in [0.25, 0.3) is 0 Å². The Bertz CT molecular complexity index is 931. The first-order valence-corrected chi connectivity index (χ1v) is 11.2. The van der Waals surface area contributed by atoms with E-state index in [0.29, 0.717) is 29.8 Å². The lowest BCUT2D eigenvalue weighted by Gasteiger charge is -2.26. The van der Waals surface area contributed by atoms with E-state index in [1.54, 1.807) is 13.0 Å². The van der Waals surface area contributed by atoms with Crippen LogP contribution in [0.4, 0.5) is 11.6 Å². The number of rotatable bonds is 9. The Labute approximate surface area is 167 Å². The molecule has 0 amide bonds. The molecule has 0 bridgehead atoms. The molecule has 1 fully saturated rings. The van der Waals surface area contributed by atoms with Crippen molar-refractivity contribution in [1.29, 1.82) is 0 Å². The van der Waals surface area contributed by atoms with Gasteiger partial charge in [0.05, 0.1) is 5.75 Å². The summed E-state index contributed by atoms with van der Waals surface area (Å²) >= 11 is 0. The Balaban J connectivity index is 1.98. The van der Waals surface area contributed by atoms with E-state index in [4.69, 9.17) is 0 Å². The Kier molecular flexibility index (Phi) is 6.03. The summed E-state index contributed by atoms with van der Waals surface area (Å²) in [5, 5.41) is 0. The van der Waals surface area contributed by atoms with Crippen LogP contribution in [0, 0.1) is 11.8 Å². The van der Waals surface area contributed by atoms with Crippen LogP contribution in [0.5, 0.6) is 0 Å². The maximum Gasteiger partial charge on any atom is 0.235 e. The minimum absolute atomic E-state index is 0.0286. The van der Waals surface area contributed by atoms with E-state index in [0.717, 1.165) is 22.7 Å². The molecule has 1 aromatic heterocycles. The van der Waals surface area contributed by atoms with E-state index in [-0.39, 0.29) is 11.6 Å². The maximum absolute atomic E-state index is 12.3. The molecule has 1 heterocycles. The van der Waals surface area contributed by atoms with Crippen molar-refractivity contribution in [2.45, 2.75) is 26.8 Å². The Morgan fingerprint density at radius 2 is 1.82 bits per heavy atom. The van der Waals surface area contributed by atoms with Gasteiger partial charge in [-0.25, -0.2) is 13.4 Å².